The summed E-state index contributed by atoms with van der Waals surface area (Å²) in [6.07, 6.45) is -2.99. The molecule has 26 heavy (non-hydrogen) atoms. The minimum Gasteiger partial charge on any atom is -0.387 e. The van der Waals surface area contributed by atoms with Gasteiger partial charge in [0.15, 0.2) is 6.23 Å². The third-order valence-corrected chi connectivity index (χ3v) is 4.32. The molecule has 4 atom stereocenters. The molecule has 2 aliphatic rings. The summed E-state index contributed by atoms with van der Waals surface area (Å²) >= 11 is 0. The fraction of sp³-hybridized carbons (Fsp3) is 0.571. The maximum atomic E-state index is 11.3. The molecule has 2 unspecified atom stereocenters. The third-order valence-electron chi connectivity index (χ3n) is 3.83. The zero-order chi connectivity index (χ0) is 19.6. The number of nitrogens with one attached hydrogen (secondary N) is 1. The molecule has 1 amide bonds. The van der Waals surface area contributed by atoms with Gasteiger partial charge in [-0.2, -0.15) is 0 Å². The molecule has 146 valence electrons. The Bertz CT molecular complexity index is 688. The number of carbonyl (C=O) groups is 1. The van der Waals surface area contributed by atoms with Gasteiger partial charge in [-0.05, 0) is 6.42 Å². The standard InChI is InChI=1S/C14H22N3O8P/c1-4-9-5-17(7(2)15-13(9)16-8(3)18)14-12(20)11(19)10(25-14)6-24-26(21,22)23/h5,10-12,14,19-20H,2,4,6H2,1,3H3,(H,15,16,18)(H2,21,22,23)/t10?,11?,12-,14-/m1/s1. The molecule has 2 rings (SSSR count). The van der Waals surface area contributed by atoms with Crippen molar-refractivity contribution in [3.8, 4) is 0 Å². The monoisotopic (exact) mass is 391 g/mol. The second-order valence-corrected chi connectivity index (χ2v) is 7.04. The lowest BCUT2D eigenvalue weighted by Gasteiger charge is -2.32. The van der Waals surface area contributed by atoms with Crippen LogP contribution in [0.2, 0.25) is 0 Å². The number of phosphoric ester groups is 1. The lowest BCUT2D eigenvalue weighted by molar-refractivity contribution is -0.117. The van der Waals surface area contributed by atoms with Crippen LogP contribution in [0.5, 0.6) is 0 Å². The first-order chi connectivity index (χ1) is 12.0. The molecule has 5 N–H and O–H groups in total. The summed E-state index contributed by atoms with van der Waals surface area (Å²) in [5.41, 5.74) is 0.646. The zero-order valence-electron chi connectivity index (χ0n) is 14.3. The molecular formula is C14H22N3O8P. The predicted molar refractivity (Wildman–Crippen MR) is 89.3 cm³/mol. The summed E-state index contributed by atoms with van der Waals surface area (Å²) in [7, 11) is -4.74. The molecule has 12 heteroatoms. The number of ether oxygens (including phenoxy) is 1. The van der Waals surface area contributed by atoms with Gasteiger partial charge in [0, 0.05) is 18.7 Å². The van der Waals surface area contributed by atoms with Crippen LogP contribution in [-0.4, -0.2) is 67.8 Å². The summed E-state index contributed by atoms with van der Waals surface area (Å²) in [6.45, 7) is 6.33. The molecular weight excluding hydrogens is 369 g/mol. The Labute approximate surface area is 149 Å². The van der Waals surface area contributed by atoms with E-state index >= 15 is 0 Å². The molecule has 0 aliphatic carbocycles. The van der Waals surface area contributed by atoms with Crippen molar-refractivity contribution < 1.29 is 38.6 Å². The Kier molecular flexibility index (Phi) is 6.35. The minimum absolute atomic E-state index is 0.152. The molecule has 0 saturated carbocycles. The van der Waals surface area contributed by atoms with Crippen LogP contribution in [0.25, 0.3) is 0 Å². The number of carbonyl (C=O) groups excluding carboxylic acids is 1. The van der Waals surface area contributed by atoms with Crippen molar-refractivity contribution in [3.05, 3.63) is 24.2 Å². The van der Waals surface area contributed by atoms with Crippen LogP contribution in [0.15, 0.2) is 29.2 Å². The summed E-state index contributed by atoms with van der Waals surface area (Å²) in [5, 5.41) is 22.9. The molecule has 0 bridgehead atoms. The van der Waals surface area contributed by atoms with Crippen LogP contribution in [-0.2, 0) is 18.6 Å². The SMILES string of the molecule is C=C1N=C(NC(C)=O)C(CC)=CN1[C@@H]1OC(COP(=O)(O)O)C(O)[C@H]1O. The zero-order valence-corrected chi connectivity index (χ0v) is 15.2. The van der Waals surface area contributed by atoms with Gasteiger partial charge in [0.25, 0.3) is 0 Å². The molecule has 0 aromatic rings. The molecule has 0 aromatic carbocycles. The molecule has 0 radical (unpaired) electrons. The molecule has 1 saturated heterocycles. The van der Waals surface area contributed by atoms with E-state index in [-0.39, 0.29) is 11.7 Å². The predicted octanol–water partition coefficient (Wildman–Crippen LogP) is -0.842. The van der Waals surface area contributed by atoms with Gasteiger partial charge >= 0.3 is 7.82 Å². The van der Waals surface area contributed by atoms with Crippen LogP contribution in [0.3, 0.4) is 0 Å². The lowest BCUT2D eigenvalue weighted by Crippen LogP contribution is -2.43. The van der Waals surface area contributed by atoms with Crippen LogP contribution in [0.1, 0.15) is 20.3 Å². The van der Waals surface area contributed by atoms with Crippen LogP contribution >= 0.6 is 7.82 Å². The maximum Gasteiger partial charge on any atom is 0.469 e. The fourth-order valence-corrected chi connectivity index (χ4v) is 2.92. The Hall–Kier alpha value is -1.59. The number of rotatable bonds is 5. The van der Waals surface area contributed by atoms with Crippen molar-refractivity contribution in [2.24, 2.45) is 4.99 Å². The number of phosphoric acid groups is 1. The number of amides is 1. The molecule has 1 fully saturated rings. The van der Waals surface area contributed by atoms with Gasteiger partial charge in [-0.1, -0.05) is 13.5 Å². The van der Waals surface area contributed by atoms with E-state index in [9.17, 15) is 19.6 Å². The first kappa shape index (κ1) is 20.7. The first-order valence-electron chi connectivity index (χ1n) is 7.79. The number of nitrogens with zero attached hydrogens (tertiary/aromatic N) is 2. The quantitative estimate of drug-likeness (QED) is 0.376. The van der Waals surface area contributed by atoms with Crippen LogP contribution in [0, 0.1) is 0 Å². The van der Waals surface area contributed by atoms with Crippen molar-refractivity contribution in [1.82, 2.24) is 10.2 Å². The van der Waals surface area contributed by atoms with E-state index in [4.69, 9.17) is 14.5 Å². The van der Waals surface area contributed by atoms with Gasteiger partial charge in [0.05, 0.1) is 6.61 Å². The molecule has 0 spiro atoms. The molecule has 2 aliphatic heterocycles. The van der Waals surface area contributed by atoms with Crippen molar-refractivity contribution in [2.75, 3.05) is 6.61 Å². The van der Waals surface area contributed by atoms with E-state index in [1.54, 1.807) is 6.20 Å². The Morgan fingerprint density at radius 1 is 1.46 bits per heavy atom. The summed E-state index contributed by atoms with van der Waals surface area (Å²) in [4.78, 5) is 34.4. The fourth-order valence-electron chi connectivity index (χ4n) is 2.58. The van der Waals surface area contributed by atoms with Crippen molar-refractivity contribution in [2.45, 2.75) is 44.8 Å². The second kappa shape index (κ2) is 7.97. The normalized spacial score (nSPS) is 29.5. The third kappa shape index (κ3) is 4.77. The topological polar surface area (TPSA) is 161 Å². The van der Waals surface area contributed by atoms with Crippen LogP contribution in [0.4, 0.5) is 0 Å². The summed E-state index contributed by atoms with van der Waals surface area (Å²) < 4.78 is 20.6. The lowest BCUT2D eigenvalue weighted by atomic mass is 10.1. The van der Waals surface area contributed by atoms with Gasteiger partial charge in [0.1, 0.15) is 30.0 Å². The number of hydrogen-bond acceptors (Lipinski definition) is 8. The van der Waals surface area contributed by atoms with E-state index in [0.29, 0.717) is 17.8 Å². The van der Waals surface area contributed by atoms with E-state index in [1.165, 1.54) is 11.8 Å². The van der Waals surface area contributed by atoms with Gasteiger partial charge in [-0.3, -0.25) is 9.32 Å². The van der Waals surface area contributed by atoms with E-state index < -0.39 is 39.0 Å². The number of aliphatic hydroxyl groups is 2. The van der Waals surface area contributed by atoms with E-state index in [2.05, 4.69) is 21.4 Å². The number of aliphatic hydroxyl groups excluding tert-OH is 2. The molecule has 2 heterocycles. The van der Waals surface area contributed by atoms with Crippen molar-refractivity contribution >= 4 is 19.6 Å². The minimum atomic E-state index is -4.74. The smallest absolute Gasteiger partial charge is 0.387 e. The number of hydrogen-bond donors (Lipinski definition) is 5. The average molecular weight is 391 g/mol. The first-order valence-corrected chi connectivity index (χ1v) is 9.32. The molecule has 0 aromatic heterocycles. The highest BCUT2D eigenvalue weighted by Gasteiger charge is 2.47. The van der Waals surface area contributed by atoms with Gasteiger partial charge in [-0.15, -0.1) is 0 Å². The van der Waals surface area contributed by atoms with Gasteiger partial charge in [0.2, 0.25) is 5.91 Å². The highest BCUT2D eigenvalue weighted by molar-refractivity contribution is 7.46. The van der Waals surface area contributed by atoms with E-state index in [0.717, 1.165) is 0 Å². The Balaban J connectivity index is 2.16. The molecule has 11 nitrogen and oxygen atoms in total. The number of aliphatic imine (C=N–C) groups is 1. The Morgan fingerprint density at radius 3 is 2.65 bits per heavy atom. The van der Waals surface area contributed by atoms with Gasteiger partial charge in [-0.25, -0.2) is 9.56 Å². The average Bonchev–Trinajstić information content (AvgIpc) is 2.80. The highest BCUT2D eigenvalue weighted by Crippen LogP contribution is 2.38. The second-order valence-electron chi connectivity index (χ2n) is 5.81. The van der Waals surface area contributed by atoms with Crippen molar-refractivity contribution in [1.29, 1.82) is 0 Å². The summed E-state index contributed by atoms with van der Waals surface area (Å²) in [5.74, 6) is 0.181. The van der Waals surface area contributed by atoms with Crippen molar-refractivity contribution in [3.63, 3.8) is 0 Å². The number of amidine groups is 1. The Morgan fingerprint density at radius 2 is 2.12 bits per heavy atom. The maximum absolute atomic E-state index is 11.3. The highest BCUT2D eigenvalue weighted by atomic mass is 31.2. The van der Waals surface area contributed by atoms with Crippen LogP contribution < -0.4 is 5.32 Å². The van der Waals surface area contributed by atoms with Gasteiger partial charge < -0.3 is 35.0 Å². The largest absolute Gasteiger partial charge is 0.469 e. The van der Waals surface area contributed by atoms with E-state index in [1.807, 2.05) is 6.92 Å². The summed E-state index contributed by atoms with van der Waals surface area (Å²) in [6, 6.07) is 0.